The van der Waals surface area contributed by atoms with Gasteiger partial charge in [0.2, 0.25) is 0 Å². The molecule has 1 aromatic carbocycles. The minimum absolute atomic E-state index is 0.0956. The number of quaternary nitrogens is 2. The first-order valence-electron chi connectivity index (χ1n) is 9.65. The predicted octanol–water partition coefficient (Wildman–Crippen LogP) is -1.13. The van der Waals surface area contributed by atoms with Gasteiger partial charge in [0.1, 0.15) is 38.5 Å². The van der Waals surface area contributed by atoms with Crippen molar-refractivity contribution in [1.29, 1.82) is 0 Å². The van der Waals surface area contributed by atoms with Crippen molar-refractivity contribution < 1.29 is 24.4 Å². The molecule has 26 heavy (non-hydrogen) atoms. The number of aromatic hydroxyl groups is 1. The standard InChI is InChI=1S/C20H33N3O3/c1-15(2)18-12-17(19(24)11-16(18)3)13-22-6-8-23(9-7-22)14-20(25)21-5-10-26-4/h11-12,15,24H,5-10,13-14H2,1-4H3,(H,21,25)/p+2. The first-order chi connectivity index (χ1) is 12.4. The van der Waals surface area contributed by atoms with Gasteiger partial charge in [-0.1, -0.05) is 13.8 Å². The fourth-order valence-corrected chi connectivity index (χ4v) is 3.68. The lowest BCUT2D eigenvalue weighted by molar-refractivity contribution is -1.02. The average Bonchev–Trinajstić information content (AvgIpc) is 2.59. The van der Waals surface area contributed by atoms with Gasteiger partial charge < -0.3 is 25.0 Å². The molecule has 1 heterocycles. The van der Waals surface area contributed by atoms with E-state index in [1.807, 2.05) is 6.07 Å². The highest BCUT2D eigenvalue weighted by Gasteiger charge is 2.25. The Morgan fingerprint density at radius 2 is 1.88 bits per heavy atom. The molecule has 6 heteroatoms. The molecule has 0 saturated carbocycles. The second-order valence-electron chi connectivity index (χ2n) is 7.69. The fraction of sp³-hybridized carbons (Fsp3) is 0.650. The molecule has 2 rings (SSSR count). The number of benzene rings is 1. The van der Waals surface area contributed by atoms with Crippen molar-refractivity contribution in [3.8, 4) is 5.75 Å². The number of ether oxygens (including phenoxy) is 1. The summed E-state index contributed by atoms with van der Waals surface area (Å²) in [4.78, 5) is 14.7. The molecule has 1 aliphatic heterocycles. The topological polar surface area (TPSA) is 67.4 Å². The molecule has 1 aliphatic rings. The summed E-state index contributed by atoms with van der Waals surface area (Å²) in [6, 6.07) is 4.07. The Kier molecular flexibility index (Phi) is 7.87. The molecule has 0 radical (unpaired) electrons. The zero-order valence-corrected chi connectivity index (χ0v) is 16.7. The Bertz CT molecular complexity index is 596. The summed E-state index contributed by atoms with van der Waals surface area (Å²) < 4.78 is 4.95. The number of hydrogen-bond acceptors (Lipinski definition) is 3. The molecule has 0 spiro atoms. The van der Waals surface area contributed by atoms with Crippen LogP contribution >= 0.6 is 0 Å². The van der Waals surface area contributed by atoms with Crippen LogP contribution in [-0.2, 0) is 16.1 Å². The number of rotatable bonds is 8. The largest absolute Gasteiger partial charge is 0.507 e. The van der Waals surface area contributed by atoms with Gasteiger partial charge >= 0.3 is 0 Å². The van der Waals surface area contributed by atoms with E-state index in [1.54, 1.807) is 7.11 Å². The molecule has 1 amide bonds. The van der Waals surface area contributed by atoms with Crippen molar-refractivity contribution in [2.45, 2.75) is 33.2 Å². The summed E-state index contributed by atoms with van der Waals surface area (Å²) in [7, 11) is 1.63. The van der Waals surface area contributed by atoms with Gasteiger partial charge in [0.15, 0.2) is 6.54 Å². The molecule has 1 saturated heterocycles. The summed E-state index contributed by atoms with van der Waals surface area (Å²) in [6.07, 6.45) is 0. The second-order valence-corrected chi connectivity index (χ2v) is 7.69. The normalized spacial score (nSPS) is 20.3. The predicted molar refractivity (Wildman–Crippen MR) is 102 cm³/mol. The van der Waals surface area contributed by atoms with Gasteiger partial charge in [-0.3, -0.25) is 4.79 Å². The van der Waals surface area contributed by atoms with E-state index in [0.717, 1.165) is 43.9 Å². The number of carbonyl (C=O) groups is 1. The zero-order chi connectivity index (χ0) is 19.1. The van der Waals surface area contributed by atoms with Crippen LogP contribution in [0.15, 0.2) is 12.1 Å². The lowest BCUT2D eigenvalue weighted by atomic mass is 9.95. The van der Waals surface area contributed by atoms with E-state index in [0.29, 0.717) is 31.4 Å². The summed E-state index contributed by atoms with van der Waals surface area (Å²) in [6.45, 7) is 13.0. The van der Waals surface area contributed by atoms with E-state index in [4.69, 9.17) is 4.74 Å². The molecule has 0 aromatic heterocycles. The molecular formula is C20H35N3O3+2. The van der Waals surface area contributed by atoms with Crippen molar-refractivity contribution in [1.82, 2.24) is 5.32 Å². The monoisotopic (exact) mass is 365 g/mol. The lowest BCUT2D eigenvalue weighted by Gasteiger charge is -2.29. The number of carbonyl (C=O) groups excluding carboxylic acids is 1. The summed E-state index contributed by atoms with van der Waals surface area (Å²) in [5.41, 5.74) is 3.51. The van der Waals surface area contributed by atoms with Crippen molar-refractivity contribution in [2.24, 2.45) is 0 Å². The Balaban J connectivity index is 1.83. The van der Waals surface area contributed by atoms with Crippen LogP contribution in [0, 0.1) is 6.92 Å². The summed E-state index contributed by atoms with van der Waals surface area (Å²) >= 11 is 0. The summed E-state index contributed by atoms with van der Waals surface area (Å²) in [5, 5.41) is 13.2. The minimum Gasteiger partial charge on any atom is -0.507 e. The first kappa shape index (κ1) is 20.7. The maximum Gasteiger partial charge on any atom is 0.275 e. The first-order valence-corrected chi connectivity index (χ1v) is 9.65. The van der Waals surface area contributed by atoms with Gasteiger partial charge in [-0.2, -0.15) is 0 Å². The average molecular weight is 366 g/mol. The van der Waals surface area contributed by atoms with Crippen molar-refractivity contribution >= 4 is 5.91 Å². The highest BCUT2D eigenvalue weighted by atomic mass is 16.5. The van der Waals surface area contributed by atoms with Crippen LogP contribution in [0.3, 0.4) is 0 Å². The lowest BCUT2D eigenvalue weighted by Crippen LogP contribution is -3.28. The maximum atomic E-state index is 11.9. The van der Waals surface area contributed by atoms with Crippen molar-refractivity contribution in [2.75, 3.05) is 53.0 Å². The van der Waals surface area contributed by atoms with E-state index < -0.39 is 0 Å². The van der Waals surface area contributed by atoms with Crippen molar-refractivity contribution in [3.63, 3.8) is 0 Å². The van der Waals surface area contributed by atoms with Crippen LogP contribution in [0.25, 0.3) is 0 Å². The van der Waals surface area contributed by atoms with Crippen LogP contribution < -0.4 is 15.1 Å². The molecule has 1 aromatic rings. The molecule has 0 bridgehead atoms. The van der Waals surface area contributed by atoms with E-state index >= 15 is 0 Å². The third kappa shape index (κ3) is 5.97. The van der Waals surface area contributed by atoms with Crippen LogP contribution in [0.1, 0.15) is 36.5 Å². The Morgan fingerprint density at radius 1 is 1.23 bits per heavy atom. The Hall–Kier alpha value is -1.63. The number of nitrogens with one attached hydrogen (secondary N) is 3. The van der Waals surface area contributed by atoms with Crippen LogP contribution in [0.2, 0.25) is 0 Å². The SMILES string of the molecule is COCCNC(=O)C[NH+]1CC[NH+](Cc2cc(C(C)C)c(C)cc2O)CC1. The van der Waals surface area contributed by atoms with Crippen molar-refractivity contribution in [3.05, 3.63) is 28.8 Å². The molecule has 0 atom stereocenters. The number of amides is 1. The third-order valence-corrected chi connectivity index (χ3v) is 5.23. The molecule has 146 valence electrons. The number of phenols is 1. The number of methoxy groups -OCH3 is 1. The fourth-order valence-electron chi connectivity index (χ4n) is 3.68. The Morgan fingerprint density at radius 3 is 2.50 bits per heavy atom. The van der Waals surface area contributed by atoms with E-state index in [-0.39, 0.29) is 5.91 Å². The zero-order valence-electron chi connectivity index (χ0n) is 16.7. The third-order valence-electron chi connectivity index (χ3n) is 5.23. The highest BCUT2D eigenvalue weighted by molar-refractivity contribution is 5.76. The van der Waals surface area contributed by atoms with Gasteiger partial charge in [0, 0.05) is 19.2 Å². The van der Waals surface area contributed by atoms with Crippen LogP contribution in [0.5, 0.6) is 5.75 Å². The Labute approximate surface area is 157 Å². The molecule has 0 aliphatic carbocycles. The van der Waals surface area contributed by atoms with Gasteiger partial charge in [0.05, 0.1) is 6.61 Å². The highest BCUT2D eigenvalue weighted by Crippen LogP contribution is 2.26. The van der Waals surface area contributed by atoms with Gasteiger partial charge in [-0.05, 0) is 36.1 Å². The number of aryl methyl sites for hydroxylation is 1. The van der Waals surface area contributed by atoms with E-state index in [9.17, 15) is 9.90 Å². The quantitative estimate of drug-likeness (QED) is 0.441. The van der Waals surface area contributed by atoms with Crippen LogP contribution in [-0.4, -0.2) is 64.0 Å². The van der Waals surface area contributed by atoms with E-state index in [2.05, 4.69) is 32.2 Å². The summed E-state index contributed by atoms with van der Waals surface area (Å²) in [5.74, 6) is 0.965. The maximum absolute atomic E-state index is 11.9. The van der Waals surface area contributed by atoms with Crippen LogP contribution in [0.4, 0.5) is 0 Å². The second kappa shape index (κ2) is 9.90. The number of phenolic OH excluding ortho intramolecular Hbond substituents is 1. The molecule has 0 unspecified atom stereocenters. The van der Waals surface area contributed by atoms with Gasteiger partial charge in [-0.15, -0.1) is 0 Å². The minimum atomic E-state index is 0.0956. The molecular weight excluding hydrogens is 330 g/mol. The number of piperazine rings is 1. The van der Waals surface area contributed by atoms with E-state index in [1.165, 1.54) is 15.4 Å². The number of hydrogen-bond donors (Lipinski definition) is 4. The molecule has 6 nitrogen and oxygen atoms in total. The molecule has 1 fully saturated rings. The van der Waals surface area contributed by atoms with Gasteiger partial charge in [-0.25, -0.2) is 0 Å². The smallest absolute Gasteiger partial charge is 0.275 e. The van der Waals surface area contributed by atoms with Gasteiger partial charge in [0.25, 0.3) is 5.91 Å². The molecule has 4 N–H and O–H groups in total.